The van der Waals surface area contributed by atoms with Crippen LogP contribution < -0.4 is 0 Å². The average Bonchev–Trinajstić information content (AvgIpc) is 2.43. The summed E-state index contributed by atoms with van der Waals surface area (Å²) in [6, 6.07) is 5.99. The molecule has 21 heavy (non-hydrogen) atoms. The van der Waals surface area contributed by atoms with Gasteiger partial charge in [0.15, 0.2) is 0 Å². The van der Waals surface area contributed by atoms with Crippen molar-refractivity contribution < 1.29 is 16.0 Å². The first kappa shape index (κ1) is 20.7. The van der Waals surface area contributed by atoms with Gasteiger partial charge in [0.1, 0.15) is 0 Å². The van der Waals surface area contributed by atoms with Crippen molar-refractivity contribution in [2.24, 2.45) is 0 Å². The molecular weight excluding hydrogens is 395 g/mol. The van der Waals surface area contributed by atoms with E-state index in [1.54, 1.807) is 12.1 Å². The average molecular weight is 421 g/mol. The first-order chi connectivity index (χ1) is 9.81. The van der Waals surface area contributed by atoms with Gasteiger partial charge in [0.25, 0.3) is 10.1 Å². The summed E-state index contributed by atoms with van der Waals surface area (Å²) < 4.78 is 43.0. The molecule has 0 aliphatic carbocycles. The van der Waals surface area contributed by atoms with E-state index in [1.807, 2.05) is 6.92 Å². The minimum atomic E-state index is -4.02. The predicted molar refractivity (Wildman–Crippen MR) is 86.9 cm³/mol. The second kappa shape index (κ2) is 11.3. The summed E-state index contributed by atoms with van der Waals surface area (Å²) in [5.41, 5.74) is 0.956. The second-order valence-electron chi connectivity index (χ2n) is 5.03. The fourth-order valence-corrected chi connectivity index (χ4v) is 7.05. The first-order valence-corrected chi connectivity index (χ1v) is 14.0. The summed E-state index contributed by atoms with van der Waals surface area (Å²) in [5.74, 6) is 0. The SMILES string of the molecule is CCC[CH2][Sn](=[O])[CH2]CCC.Cc1ccc(S(=O)(=O)O)cc1. The van der Waals surface area contributed by atoms with Crippen molar-refractivity contribution in [2.45, 2.75) is 60.2 Å². The van der Waals surface area contributed by atoms with Crippen LogP contribution in [0.5, 0.6) is 0 Å². The van der Waals surface area contributed by atoms with Crippen LogP contribution in [0.25, 0.3) is 0 Å². The van der Waals surface area contributed by atoms with Gasteiger partial charge in [0.2, 0.25) is 0 Å². The molecule has 6 heteroatoms. The Balaban J connectivity index is 0.000000384. The number of unbranched alkanes of at least 4 members (excludes halogenated alkanes) is 2. The molecule has 0 bridgehead atoms. The van der Waals surface area contributed by atoms with Crippen LogP contribution in [-0.2, 0) is 13.2 Å². The Labute approximate surface area is 135 Å². The standard InChI is InChI=1S/C7H8O3S.2C4H9.O.Sn/c1-6-2-4-7(5-3-6)11(8,9)10;2*1-3-4-2;;/h2-5H,1H3,(H,8,9,10);2*1,3-4H2,2H3;;. The van der Waals surface area contributed by atoms with Crippen LogP contribution in [0, 0.1) is 6.92 Å². The summed E-state index contributed by atoms with van der Waals surface area (Å²) >= 11 is -1.99. The topological polar surface area (TPSA) is 71.4 Å². The van der Waals surface area contributed by atoms with E-state index in [0.29, 0.717) is 0 Å². The molecule has 0 saturated heterocycles. The van der Waals surface area contributed by atoms with Crippen molar-refractivity contribution in [3.8, 4) is 0 Å². The molecular formula is C15H26O4SSn. The van der Waals surface area contributed by atoms with Crippen molar-refractivity contribution in [3.63, 3.8) is 0 Å². The maximum atomic E-state index is 11.2. The van der Waals surface area contributed by atoms with E-state index in [2.05, 4.69) is 13.8 Å². The van der Waals surface area contributed by atoms with Gasteiger partial charge in [-0.3, -0.25) is 4.55 Å². The molecule has 0 amide bonds. The van der Waals surface area contributed by atoms with E-state index >= 15 is 0 Å². The Bertz CT molecular complexity index is 499. The van der Waals surface area contributed by atoms with E-state index in [9.17, 15) is 11.5 Å². The maximum absolute atomic E-state index is 11.2. The molecule has 1 rings (SSSR count). The van der Waals surface area contributed by atoms with Crippen molar-refractivity contribution in [1.29, 1.82) is 0 Å². The summed E-state index contributed by atoms with van der Waals surface area (Å²) in [6.07, 6.45) is 4.81. The van der Waals surface area contributed by atoms with Gasteiger partial charge in [-0.1, -0.05) is 17.7 Å². The zero-order valence-corrected chi connectivity index (χ0v) is 16.8. The molecule has 1 N–H and O–H groups in total. The van der Waals surface area contributed by atoms with E-state index in [1.165, 1.54) is 37.8 Å². The molecule has 4 nitrogen and oxygen atoms in total. The van der Waals surface area contributed by atoms with Crippen LogP contribution >= 0.6 is 0 Å². The van der Waals surface area contributed by atoms with E-state index in [4.69, 9.17) is 4.55 Å². The van der Waals surface area contributed by atoms with Gasteiger partial charge in [0.05, 0.1) is 4.90 Å². The molecule has 0 fully saturated rings. The van der Waals surface area contributed by atoms with Gasteiger partial charge >= 0.3 is 71.2 Å². The molecule has 1 aromatic carbocycles. The minimum Gasteiger partial charge on any atom is -0.282 e. The Morgan fingerprint density at radius 1 is 1.00 bits per heavy atom. The Morgan fingerprint density at radius 3 is 1.76 bits per heavy atom. The van der Waals surface area contributed by atoms with Crippen LogP contribution in [0.2, 0.25) is 8.87 Å². The van der Waals surface area contributed by atoms with Gasteiger partial charge in [0, 0.05) is 0 Å². The molecule has 0 saturated carbocycles. The van der Waals surface area contributed by atoms with Crippen LogP contribution in [0.15, 0.2) is 29.2 Å². The summed E-state index contributed by atoms with van der Waals surface area (Å²) in [6.45, 7) is 6.17. The summed E-state index contributed by atoms with van der Waals surface area (Å²) in [5, 5.41) is 0. The Morgan fingerprint density at radius 2 is 1.43 bits per heavy atom. The molecule has 120 valence electrons. The van der Waals surface area contributed by atoms with Crippen LogP contribution in [0.3, 0.4) is 0 Å². The monoisotopic (exact) mass is 422 g/mol. The molecule has 0 aliphatic heterocycles. The number of hydrogen-bond donors (Lipinski definition) is 1. The predicted octanol–water partition coefficient (Wildman–Crippen LogP) is 4.25. The number of hydrogen-bond acceptors (Lipinski definition) is 3. The molecule has 0 aromatic heterocycles. The molecule has 0 radical (unpaired) electrons. The molecule has 0 aliphatic rings. The summed E-state index contributed by atoms with van der Waals surface area (Å²) in [7, 11) is -4.02. The van der Waals surface area contributed by atoms with E-state index in [0.717, 1.165) is 14.4 Å². The van der Waals surface area contributed by atoms with Gasteiger partial charge < -0.3 is 0 Å². The molecule has 0 spiro atoms. The molecule has 0 unspecified atom stereocenters. The van der Waals surface area contributed by atoms with Gasteiger partial charge in [-0.05, 0) is 19.1 Å². The first-order valence-electron chi connectivity index (χ1n) is 7.37. The zero-order chi connectivity index (χ0) is 16.3. The number of benzene rings is 1. The van der Waals surface area contributed by atoms with Crippen molar-refractivity contribution in [2.75, 3.05) is 0 Å². The van der Waals surface area contributed by atoms with E-state index < -0.39 is 29.9 Å². The van der Waals surface area contributed by atoms with Crippen LogP contribution in [-0.4, -0.2) is 32.7 Å². The third-order valence-electron chi connectivity index (χ3n) is 2.94. The van der Waals surface area contributed by atoms with Gasteiger partial charge in [-0.2, -0.15) is 8.42 Å². The molecule has 0 heterocycles. The fraction of sp³-hybridized carbons (Fsp3) is 0.600. The zero-order valence-electron chi connectivity index (χ0n) is 13.1. The molecule has 1 aromatic rings. The van der Waals surface area contributed by atoms with Gasteiger partial charge in [-0.25, -0.2) is 0 Å². The Kier molecular flexibility index (Phi) is 11.2. The maximum Gasteiger partial charge on any atom is 0.294 e. The minimum absolute atomic E-state index is 0.0666. The van der Waals surface area contributed by atoms with Crippen LogP contribution in [0.4, 0.5) is 0 Å². The number of rotatable bonds is 7. The number of aryl methyl sites for hydroxylation is 1. The third kappa shape index (κ3) is 11.0. The van der Waals surface area contributed by atoms with Crippen molar-refractivity contribution >= 4 is 29.9 Å². The fourth-order valence-electron chi connectivity index (χ4n) is 1.58. The molecule has 0 atom stereocenters. The van der Waals surface area contributed by atoms with Crippen molar-refractivity contribution in [3.05, 3.63) is 29.8 Å². The third-order valence-corrected chi connectivity index (χ3v) is 9.01. The quantitative estimate of drug-likeness (QED) is 0.528. The van der Waals surface area contributed by atoms with Crippen molar-refractivity contribution in [1.82, 2.24) is 0 Å². The second-order valence-corrected chi connectivity index (χ2v) is 12.4. The van der Waals surface area contributed by atoms with Crippen LogP contribution in [0.1, 0.15) is 45.1 Å². The largest absolute Gasteiger partial charge is 0.294 e. The smallest absolute Gasteiger partial charge is 0.282 e. The normalized spacial score (nSPS) is 10.7. The Hall–Kier alpha value is -0.271. The summed E-state index contributed by atoms with van der Waals surface area (Å²) in [4.78, 5) is -0.0666. The van der Waals surface area contributed by atoms with Gasteiger partial charge in [-0.15, -0.1) is 0 Å². The van der Waals surface area contributed by atoms with E-state index in [-0.39, 0.29) is 4.90 Å².